The molecule has 0 aromatic heterocycles. The van der Waals surface area contributed by atoms with Gasteiger partial charge in [0.05, 0.1) is 18.2 Å². The second-order valence-corrected chi connectivity index (χ2v) is 6.50. The molecule has 0 fully saturated rings. The van der Waals surface area contributed by atoms with Gasteiger partial charge in [-0.15, -0.1) is 0 Å². The van der Waals surface area contributed by atoms with E-state index in [9.17, 15) is 31.1 Å². The number of carbonyl (C=O) groups excluding carboxylic acids is 1. The van der Waals surface area contributed by atoms with E-state index in [0.29, 0.717) is 17.2 Å². The smallest absolute Gasteiger partial charge is 0.416 e. The molecular formula is C20H14ClF6NO2. The van der Waals surface area contributed by atoms with Crippen molar-refractivity contribution in [2.24, 2.45) is 4.99 Å². The van der Waals surface area contributed by atoms with Crippen LogP contribution in [0.15, 0.2) is 60.1 Å². The number of rotatable bonds is 5. The highest BCUT2D eigenvalue weighted by Crippen LogP contribution is 2.36. The van der Waals surface area contributed by atoms with Crippen molar-refractivity contribution in [3.63, 3.8) is 0 Å². The highest BCUT2D eigenvalue weighted by atomic mass is 35.5. The van der Waals surface area contributed by atoms with Gasteiger partial charge in [-0.1, -0.05) is 30.3 Å². The van der Waals surface area contributed by atoms with Crippen LogP contribution in [0.4, 0.5) is 26.3 Å². The summed E-state index contributed by atoms with van der Waals surface area (Å²) in [6.45, 7) is 3.52. The van der Waals surface area contributed by atoms with Crippen LogP contribution in [0.3, 0.4) is 0 Å². The summed E-state index contributed by atoms with van der Waals surface area (Å²) in [7, 11) is 1.05. The second-order valence-electron chi connectivity index (χ2n) is 6.07. The molecule has 1 unspecified atom stereocenters. The number of esters is 1. The van der Waals surface area contributed by atoms with E-state index in [4.69, 9.17) is 16.3 Å². The predicted molar refractivity (Wildman–Crippen MR) is 99.4 cm³/mol. The molecular weight excluding hydrogens is 436 g/mol. The number of hydrogen-bond acceptors (Lipinski definition) is 3. The van der Waals surface area contributed by atoms with E-state index in [-0.39, 0.29) is 11.6 Å². The minimum atomic E-state index is -5.02. The Morgan fingerprint density at radius 3 is 1.87 bits per heavy atom. The van der Waals surface area contributed by atoms with Crippen LogP contribution in [-0.4, -0.2) is 19.3 Å². The Hall–Kier alpha value is -2.81. The average Bonchev–Trinajstić information content (AvgIpc) is 2.68. The van der Waals surface area contributed by atoms with E-state index >= 15 is 0 Å². The van der Waals surface area contributed by atoms with Crippen LogP contribution in [0.25, 0.3) is 0 Å². The van der Waals surface area contributed by atoms with E-state index in [1.165, 1.54) is 24.3 Å². The Kier molecular flexibility index (Phi) is 6.66. The lowest BCUT2D eigenvalue weighted by Crippen LogP contribution is -2.33. The summed E-state index contributed by atoms with van der Waals surface area (Å²) in [6, 6.07) is 6.66. The molecule has 0 aliphatic carbocycles. The molecule has 0 saturated heterocycles. The van der Waals surface area contributed by atoms with Crippen LogP contribution in [0, 0.1) is 0 Å². The number of ether oxygens (including phenoxy) is 1. The van der Waals surface area contributed by atoms with Gasteiger partial charge in [0.2, 0.25) is 5.54 Å². The Labute approximate surface area is 172 Å². The van der Waals surface area contributed by atoms with Crippen molar-refractivity contribution in [3.05, 3.63) is 82.4 Å². The van der Waals surface area contributed by atoms with Gasteiger partial charge in [0.25, 0.3) is 0 Å². The fraction of sp³-hybridized carbons (Fsp3) is 0.200. The molecule has 30 heavy (non-hydrogen) atoms. The van der Waals surface area contributed by atoms with Crippen molar-refractivity contribution in [2.75, 3.05) is 7.11 Å². The third-order valence-corrected chi connectivity index (χ3v) is 4.36. The quantitative estimate of drug-likeness (QED) is 0.241. The molecule has 0 spiro atoms. The summed E-state index contributed by atoms with van der Waals surface area (Å²) >= 11 is 5.82. The summed E-state index contributed by atoms with van der Waals surface area (Å²) in [6.07, 6.45) is -8.23. The molecule has 2 aromatic carbocycles. The molecule has 0 radical (unpaired) electrons. The number of halogens is 7. The van der Waals surface area contributed by atoms with Crippen molar-refractivity contribution < 1.29 is 35.9 Å². The maximum absolute atomic E-state index is 13.0. The van der Waals surface area contributed by atoms with Crippen molar-refractivity contribution in [2.45, 2.75) is 17.9 Å². The maximum Gasteiger partial charge on any atom is 0.416 e. The van der Waals surface area contributed by atoms with Gasteiger partial charge in [-0.2, -0.15) is 26.3 Å². The van der Waals surface area contributed by atoms with Crippen molar-refractivity contribution in [3.8, 4) is 0 Å². The molecule has 2 rings (SSSR count). The molecule has 0 bridgehead atoms. The highest BCUT2D eigenvalue weighted by Gasteiger charge is 2.39. The zero-order valence-electron chi connectivity index (χ0n) is 15.3. The largest absolute Gasteiger partial charge is 0.467 e. The molecule has 1 atom stereocenters. The average molecular weight is 450 g/mol. The van der Waals surface area contributed by atoms with Gasteiger partial charge in [-0.25, -0.2) is 4.79 Å². The lowest BCUT2D eigenvalue weighted by atomic mass is 9.90. The van der Waals surface area contributed by atoms with Gasteiger partial charge in [0, 0.05) is 11.2 Å². The number of hydrogen-bond donors (Lipinski definition) is 0. The number of alkyl halides is 6. The minimum absolute atomic E-state index is 0.00239. The molecule has 0 N–H and O–H groups in total. The Morgan fingerprint density at radius 2 is 1.47 bits per heavy atom. The van der Waals surface area contributed by atoms with Gasteiger partial charge in [-0.05, 0) is 47.5 Å². The standard InChI is InChI=1S/C20H14ClF6NO2/c1-3-18(17(29)30-2,13-4-6-16(21)7-5-13)28-11-12-8-14(19(22,23)24)10-15(9-12)20(25,26)27/h3-11H,1H2,2H3. The Morgan fingerprint density at radius 1 is 0.967 bits per heavy atom. The highest BCUT2D eigenvalue weighted by molar-refractivity contribution is 6.30. The Bertz CT molecular complexity index is 934. The first-order valence-electron chi connectivity index (χ1n) is 8.16. The van der Waals surface area contributed by atoms with Gasteiger partial charge < -0.3 is 4.74 Å². The van der Waals surface area contributed by atoms with Crippen LogP contribution in [0.5, 0.6) is 0 Å². The van der Waals surface area contributed by atoms with Crippen molar-refractivity contribution >= 4 is 23.8 Å². The second kappa shape index (κ2) is 8.51. The first kappa shape index (κ1) is 23.5. The summed E-state index contributed by atoms with van der Waals surface area (Å²) in [4.78, 5) is 16.4. The molecule has 0 amide bonds. The van der Waals surface area contributed by atoms with Crippen LogP contribution in [0.1, 0.15) is 22.3 Å². The van der Waals surface area contributed by atoms with Crippen LogP contribution in [-0.2, 0) is 27.4 Å². The Balaban J connectivity index is 2.66. The predicted octanol–water partition coefficient (Wildman–Crippen LogP) is 6.05. The third kappa shape index (κ3) is 5.02. The topological polar surface area (TPSA) is 38.7 Å². The molecule has 0 saturated carbocycles. The lowest BCUT2D eigenvalue weighted by molar-refractivity contribution is -0.145. The zero-order chi connectivity index (χ0) is 22.7. The molecule has 0 aliphatic heterocycles. The zero-order valence-corrected chi connectivity index (χ0v) is 16.1. The molecule has 160 valence electrons. The molecule has 0 heterocycles. The van der Waals surface area contributed by atoms with E-state index < -0.39 is 40.6 Å². The number of methoxy groups -OCH3 is 1. The fourth-order valence-electron chi connectivity index (χ4n) is 2.59. The number of carbonyl (C=O) groups is 1. The van der Waals surface area contributed by atoms with Gasteiger partial charge in [-0.3, -0.25) is 4.99 Å². The maximum atomic E-state index is 13.0. The van der Waals surface area contributed by atoms with E-state index in [2.05, 4.69) is 11.6 Å². The molecule has 10 heteroatoms. The summed E-state index contributed by atoms with van der Waals surface area (Å²) in [5, 5.41) is 0.332. The number of aliphatic imine (C=N–C) groups is 1. The fourth-order valence-corrected chi connectivity index (χ4v) is 2.71. The first-order valence-corrected chi connectivity index (χ1v) is 8.54. The summed E-state index contributed by atoms with van der Waals surface area (Å²) in [5.74, 6) is -0.945. The van der Waals surface area contributed by atoms with E-state index in [0.717, 1.165) is 19.4 Å². The van der Waals surface area contributed by atoms with Crippen molar-refractivity contribution in [1.82, 2.24) is 0 Å². The normalized spacial score (nSPS) is 14.4. The van der Waals surface area contributed by atoms with Crippen LogP contribution < -0.4 is 0 Å². The molecule has 0 aliphatic rings. The third-order valence-electron chi connectivity index (χ3n) is 4.10. The lowest BCUT2D eigenvalue weighted by Gasteiger charge is -2.24. The molecule has 2 aromatic rings. The SMILES string of the molecule is C=CC(N=Cc1cc(C(F)(F)F)cc(C(F)(F)F)c1)(C(=O)OC)c1ccc(Cl)cc1. The van der Waals surface area contributed by atoms with E-state index in [1.807, 2.05) is 0 Å². The van der Waals surface area contributed by atoms with Crippen LogP contribution in [0.2, 0.25) is 5.02 Å². The van der Waals surface area contributed by atoms with Gasteiger partial charge in [0.15, 0.2) is 0 Å². The van der Waals surface area contributed by atoms with Crippen LogP contribution >= 0.6 is 11.6 Å². The number of nitrogens with zero attached hydrogens (tertiary/aromatic N) is 1. The van der Waals surface area contributed by atoms with Gasteiger partial charge >= 0.3 is 18.3 Å². The van der Waals surface area contributed by atoms with E-state index in [1.54, 1.807) is 0 Å². The van der Waals surface area contributed by atoms with Crippen molar-refractivity contribution in [1.29, 1.82) is 0 Å². The minimum Gasteiger partial charge on any atom is -0.467 e. The number of benzene rings is 2. The molecule has 3 nitrogen and oxygen atoms in total. The summed E-state index contributed by atoms with van der Waals surface area (Å²) in [5.41, 5.74) is -5.24. The monoisotopic (exact) mass is 449 g/mol. The first-order chi connectivity index (χ1) is 13.8. The van der Waals surface area contributed by atoms with Gasteiger partial charge in [0.1, 0.15) is 0 Å². The summed E-state index contributed by atoms with van der Waals surface area (Å²) < 4.78 is 83.0.